The fraction of sp³-hybridized carbons (Fsp3) is 0.267. The van der Waals surface area contributed by atoms with Crippen LogP contribution in [0.25, 0.3) is 11.3 Å². The zero-order chi connectivity index (χ0) is 29.7. The van der Waals surface area contributed by atoms with Gasteiger partial charge in [0.15, 0.2) is 0 Å². The Morgan fingerprint density at radius 1 is 1.02 bits per heavy atom. The number of nitrogens with zero attached hydrogens (tertiary/aromatic N) is 2. The quantitative estimate of drug-likeness (QED) is 0.235. The average Bonchev–Trinajstić information content (AvgIpc) is 3.22. The second-order valence-electron chi connectivity index (χ2n) is 10.2. The Hall–Kier alpha value is -3.67. The van der Waals surface area contributed by atoms with E-state index >= 15 is 0 Å². The highest BCUT2D eigenvalue weighted by Gasteiger charge is 2.29. The molecule has 0 saturated carbocycles. The largest absolute Gasteiger partial charge is 0.481 e. The number of hydrogen-bond acceptors (Lipinski definition) is 6. The molecular weight excluding hydrogens is 608 g/mol. The lowest BCUT2D eigenvalue weighted by Crippen LogP contribution is -2.32. The molecule has 0 spiro atoms. The summed E-state index contributed by atoms with van der Waals surface area (Å²) in [6.07, 6.45) is 2.22. The Kier molecular flexibility index (Phi) is 9.52. The molecule has 0 aromatic heterocycles. The maximum atomic E-state index is 13.3. The molecule has 3 aromatic rings. The molecule has 11 heteroatoms. The Balaban J connectivity index is 1.73. The van der Waals surface area contributed by atoms with Crippen molar-refractivity contribution in [2.45, 2.75) is 19.3 Å². The smallest absolute Gasteiger partial charge is 0.303 e. The van der Waals surface area contributed by atoms with Crippen molar-refractivity contribution in [1.29, 1.82) is 0 Å². The number of aliphatic carboxylic acids is 1. The first-order valence-corrected chi connectivity index (χ1v) is 15.7. The number of carboxylic acids is 1. The van der Waals surface area contributed by atoms with Gasteiger partial charge in [0.1, 0.15) is 0 Å². The van der Waals surface area contributed by atoms with Crippen LogP contribution < -0.4 is 14.9 Å². The first-order chi connectivity index (χ1) is 19.4. The maximum Gasteiger partial charge on any atom is 0.303 e. The SMILES string of the molecule is CN(C)CCCN(c1ccc(NC(=C2C(=O)Nc3cc(Br)ccc32)c2cccc(CCC(=O)O)c2)cc1)S(C)(=O)=O. The van der Waals surface area contributed by atoms with Crippen molar-refractivity contribution in [3.8, 4) is 0 Å². The number of hydrogen-bond donors (Lipinski definition) is 3. The molecule has 3 aromatic carbocycles. The minimum absolute atomic E-state index is 0.00697. The number of carbonyl (C=O) groups is 2. The molecule has 1 aliphatic rings. The summed E-state index contributed by atoms with van der Waals surface area (Å²) in [4.78, 5) is 26.4. The average molecular weight is 642 g/mol. The van der Waals surface area contributed by atoms with Crippen molar-refractivity contribution in [2.24, 2.45) is 0 Å². The van der Waals surface area contributed by atoms with Gasteiger partial charge >= 0.3 is 5.97 Å². The van der Waals surface area contributed by atoms with Gasteiger partial charge in [0.05, 0.1) is 28.9 Å². The van der Waals surface area contributed by atoms with E-state index in [1.54, 1.807) is 24.3 Å². The van der Waals surface area contributed by atoms with Crippen molar-refractivity contribution in [2.75, 3.05) is 48.4 Å². The molecule has 1 heterocycles. The first-order valence-electron chi connectivity index (χ1n) is 13.1. The van der Waals surface area contributed by atoms with Crippen LogP contribution in [0.4, 0.5) is 17.1 Å². The molecule has 0 bridgehead atoms. The number of fused-ring (bicyclic) bond motifs is 1. The van der Waals surface area contributed by atoms with Gasteiger partial charge in [-0.1, -0.05) is 40.2 Å². The first kappa shape index (κ1) is 30.3. The molecule has 1 amide bonds. The molecule has 1 aliphatic heterocycles. The predicted octanol–water partition coefficient (Wildman–Crippen LogP) is 5.12. The topological polar surface area (TPSA) is 119 Å². The van der Waals surface area contributed by atoms with Crippen molar-refractivity contribution >= 4 is 66.2 Å². The Bertz CT molecular complexity index is 1590. The third-order valence-electron chi connectivity index (χ3n) is 6.61. The third kappa shape index (κ3) is 7.75. The summed E-state index contributed by atoms with van der Waals surface area (Å²) in [5.41, 5.74) is 5.18. The molecule has 0 aliphatic carbocycles. The lowest BCUT2D eigenvalue weighted by Gasteiger charge is -2.24. The van der Waals surface area contributed by atoms with E-state index in [4.69, 9.17) is 5.11 Å². The number of carbonyl (C=O) groups excluding carboxylic acids is 1. The molecule has 0 unspecified atom stereocenters. The van der Waals surface area contributed by atoms with E-state index in [0.717, 1.165) is 27.7 Å². The van der Waals surface area contributed by atoms with Crippen molar-refractivity contribution in [3.05, 3.63) is 87.9 Å². The summed E-state index contributed by atoms with van der Waals surface area (Å²) < 4.78 is 27.3. The maximum absolute atomic E-state index is 13.3. The standard InChI is InChI=1S/C30H33BrN4O5S/c1-34(2)16-5-17-35(41(3,39)40)24-12-10-23(11-13-24)32-29(21-7-4-6-20(18-21)8-15-27(36)37)28-25-14-9-22(31)19-26(25)33-30(28)38/h4,6-7,9-14,18-19,32H,5,8,15-17H2,1-3H3,(H,33,38)(H,36,37). The van der Waals surface area contributed by atoms with E-state index < -0.39 is 16.0 Å². The molecule has 41 heavy (non-hydrogen) atoms. The van der Waals surface area contributed by atoms with Gasteiger partial charge in [-0.15, -0.1) is 0 Å². The van der Waals surface area contributed by atoms with Gasteiger partial charge in [-0.2, -0.15) is 0 Å². The summed E-state index contributed by atoms with van der Waals surface area (Å²) in [6.45, 7) is 1.11. The van der Waals surface area contributed by atoms with Gasteiger partial charge in [0.25, 0.3) is 5.91 Å². The monoisotopic (exact) mass is 640 g/mol. The number of nitrogens with one attached hydrogen (secondary N) is 2. The number of carboxylic acid groups (broad SMARTS) is 1. The lowest BCUT2D eigenvalue weighted by atomic mass is 9.98. The highest BCUT2D eigenvalue weighted by molar-refractivity contribution is 9.10. The number of rotatable bonds is 12. The van der Waals surface area contributed by atoms with E-state index in [0.29, 0.717) is 47.7 Å². The zero-order valence-electron chi connectivity index (χ0n) is 23.1. The molecular formula is C30H33BrN4O5S. The Morgan fingerprint density at radius 2 is 1.76 bits per heavy atom. The van der Waals surface area contributed by atoms with Gasteiger partial charge in [0, 0.05) is 28.7 Å². The lowest BCUT2D eigenvalue weighted by molar-refractivity contribution is -0.137. The van der Waals surface area contributed by atoms with Crippen molar-refractivity contribution < 1.29 is 23.1 Å². The number of anilines is 3. The fourth-order valence-electron chi connectivity index (χ4n) is 4.68. The van der Waals surface area contributed by atoms with Crippen LogP contribution in [-0.2, 0) is 26.0 Å². The van der Waals surface area contributed by atoms with Crippen LogP contribution in [0.5, 0.6) is 0 Å². The van der Waals surface area contributed by atoms with Gasteiger partial charge in [-0.05, 0) is 87.1 Å². The number of sulfonamides is 1. The van der Waals surface area contributed by atoms with Gasteiger partial charge < -0.3 is 20.6 Å². The molecule has 0 radical (unpaired) electrons. The van der Waals surface area contributed by atoms with E-state index in [2.05, 4.69) is 26.6 Å². The fourth-order valence-corrected chi connectivity index (χ4v) is 6.00. The molecule has 0 atom stereocenters. The van der Waals surface area contributed by atoms with E-state index in [-0.39, 0.29) is 12.3 Å². The molecule has 9 nitrogen and oxygen atoms in total. The van der Waals surface area contributed by atoms with Crippen LogP contribution in [0.15, 0.2) is 71.2 Å². The Morgan fingerprint density at radius 3 is 2.41 bits per heavy atom. The minimum Gasteiger partial charge on any atom is -0.481 e. The second kappa shape index (κ2) is 12.9. The van der Waals surface area contributed by atoms with E-state index in [1.807, 2.05) is 61.5 Å². The van der Waals surface area contributed by atoms with Crippen molar-refractivity contribution in [3.63, 3.8) is 0 Å². The van der Waals surface area contributed by atoms with Crippen LogP contribution in [0.2, 0.25) is 0 Å². The molecule has 3 N–H and O–H groups in total. The van der Waals surface area contributed by atoms with Gasteiger partial charge in [0.2, 0.25) is 10.0 Å². The van der Waals surface area contributed by atoms with Gasteiger partial charge in [-0.3, -0.25) is 13.9 Å². The highest BCUT2D eigenvalue weighted by atomic mass is 79.9. The summed E-state index contributed by atoms with van der Waals surface area (Å²) >= 11 is 3.45. The Labute approximate surface area is 249 Å². The summed E-state index contributed by atoms with van der Waals surface area (Å²) in [5.74, 6) is -1.15. The molecule has 0 saturated heterocycles. The van der Waals surface area contributed by atoms with E-state index in [9.17, 15) is 18.0 Å². The zero-order valence-corrected chi connectivity index (χ0v) is 25.5. The van der Waals surface area contributed by atoms with Crippen LogP contribution >= 0.6 is 15.9 Å². The number of halogens is 1. The highest BCUT2D eigenvalue weighted by Crippen LogP contribution is 2.39. The minimum atomic E-state index is -3.48. The van der Waals surface area contributed by atoms with Gasteiger partial charge in [-0.25, -0.2) is 8.42 Å². The van der Waals surface area contributed by atoms with E-state index in [1.165, 1.54) is 10.6 Å². The molecule has 216 valence electrons. The van der Waals surface area contributed by atoms with Crippen LogP contribution in [0, 0.1) is 0 Å². The summed E-state index contributed by atoms with van der Waals surface area (Å²) in [6, 6.07) is 20.1. The predicted molar refractivity (Wildman–Crippen MR) is 167 cm³/mol. The number of amides is 1. The van der Waals surface area contributed by atoms with Crippen LogP contribution in [0.1, 0.15) is 29.5 Å². The van der Waals surface area contributed by atoms with Crippen LogP contribution in [0.3, 0.4) is 0 Å². The third-order valence-corrected chi connectivity index (χ3v) is 8.30. The second-order valence-corrected chi connectivity index (χ2v) is 13.0. The van der Waals surface area contributed by atoms with Crippen LogP contribution in [-0.4, -0.2) is 63.7 Å². The number of aryl methyl sites for hydroxylation is 1. The normalized spacial score (nSPS) is 14.0. The summed E-state index contributed by atoms with van der Waals surface area (Å²) in [7, 11) is 0.409. The summed E-state index contributed by atoms with van der Waals surface area (Å²) in [5, 5.41) is 15.5. The molecule has 0 fully saturated rings. The van der Waals surface area contributed by atoms with Crippen molar-refractivity contribution in [1.82, 2.24) is 4.90 Å². The molecule has 4 rings (SSSR count). The number of benzene rings is 3.